The zero-order chi connectivity index (χ0) is 27.2. The van der Waals surface area contributed by atoms with E-state index in [0.717, 1.165) is 68.1 Å². The average molecular weight is 529 g/mol. The molecule has 0 radical (unpaired) electrons. The van der Waals surface area contributed by atoms with Gasteiger partial charge < -0.3 is 20.9 Å². The van der Waals surface area contributed by atoms with E-state index in [-0.39, 0.29) is 17.7 Å². The second-order valence-electron chi connectivity index (χ2n) is 11.3. The standard InChI is InChI=1S/C31H40N6O2/c1-37(2)28-26-13-6-7-14-27(26)35-31(36-28)34-24-17-15-21(16-18-24)20-32-29(38)23-11-8-12-25(19-23)33-30(39)22-9-4-3-5-10-22/h6-8,11-14,19,21-22,24H,3-5,9-10,15-18,20H2,1-2H3,(H,32,38)(H,33,39)(H,34,35,36). The normalized spacial score (nSPS) is 19.8. The molecule has 0 saturated heterocycles. The van der Waals surface area contributed by atoms with Crippen LogP contribution in [-0.4, -0.2) is 48.5 Å². The van der Waals surface area contributed by atoms with Gasteiger partial charge in [-0.05, 0) is 74.8 Å². The lowest BCUT2D eigenvalue weighted by molar-refractivity contribution is -0.120. The van der Waals surface area contributed by atoms with Crippen molar-refractivity contribution in [2.24, 2.45) is 11.8 Å². The van der Waals surface area contributed by atoms with E-state index in [4.69, 9.17) is 9.97 Å². The minimum absolute atomic E-state index is 0.0738. The summed E-state index contributed by atoms with van der Waals surface area (Å²) in [5, 5.41) is 10.7. The van der Waals surface area contributed by atoms with Crippen LogP contribution in [0.25, 0.3) is 10.9 Å². The Morgan fingerprint density at radius 2 is 1.67 bits per heavy atom. The molecule has 2 saturated carbocycles. The summed E-state index contributed by atoms with van der Waals surface area (Å²) in [5.41, 5.74) is 2.21. The van der Waals surface area contributed by atoms with E-state index in [0.29, 0.717) is 35.7 Å². The van der Waals surface area contributed by atoms with E-state index >= 15 is 0 Å². The van der Waals surface area contributed by atoms with Crippen LogP contribution in [-0.2, 0) is 4.79 Å². The third-order valence-electron chi connectivity index (χ3n) is 8.11. The Kier molecular flexibility index (Phi) is 8.59. The van der Waals surface area contributed by atoms with Crippen molar-refractivity contribution in [3.8, 4) is 0 Å². The Balaban J connectivity index is 1.10. The Hall–Kier alpha value is -3.68. The van der Waals surface area contributed by atoms with E-state index in [1.165, 1.54) is 6.42 Å². The van der Waals surface area contributed by atoms with Crippen LogP contribution >= 0.6 is 0 Å². The maximum Gasteiger partial charge on any atom is 0.251 e. The topological polar surface area (TPSA) is 99.3 Å². The molecule has 2 amide bonds. The number of carbonyl (C=O) groups excluding carboxylic acids is 2. The molecule has 0 unspecified atom stereocenters. The zero-order valence-corrected chi connectivity index (χ0v) is 23.1. The highest BCUT2D eigenvalue weighted by Gasteiger charge is 2.24. The molecule has 206 valence electrons. The van der Waals surface area contributed by atoms with Crippen molar-refractivity contribution in [1.29, 1.82) is 0 Å². The largest absolute Gasteiger partial charge is 0.362 e. The lowest BCUT2D eigenvalue weighted by atomic mass is 9.86. The van der Waals surface area contributed by atoms with Crippen LogP contribution in [0, 0.1) is 11.8 Å². The molecule has 0 atom stereocenters. The highest BCUT2D eigenvalue weighted by atomic mass is 16.2. The van der Waals surface area contributed by atoms with Gasteiger partial charge in [0.2, 0.25) is 11.9 Å². The Morgan fingerprint density at radius 3 is 2.44 bits per heavy atom. The lowest BCUT2D eigenvalue weighted by Gasteiger charge is -2.29. The fourth-order valence-electron chi connectivity index (χ4n) is 5.85. The molecular weight excluding hydrogens is 488 g/mol. The molecule has 0 aliphatic heterocycles. The first-order chi connectivity index (χ1) is 19.0. The number of aromatic nitrogens is 2. The molecular formula is C31H40N6O2. The van der Waals surface area contributed by atoms with E-state index in [9.17, 15) is 9.59 Å². The van der Waals surface area contributed by atoms with Crippen LogP contribution in [0.2, 0.25) is 0 Å². The lowest BCUT2D eigenvalue weighted by Crippen LogP contribution is -2.34. The van der Waals surface area contributed by atoms with Crippen molar-refractivity contribution in [2.45, 2.75) is 63.8 Å². The molecule has 3 aromatic rings. The molecule has 5 rings (SSSR count). The number of fused-ring (bicyclic) bond motifs is 1. The number of anilines is 3. The van der Waals surface area contributed by atoms with Crippen molar-refractivity contribution < 1.29 is 9.59 Å². The summed E-state index contributed by atoms with van der Waals surface area (Å²) in [7, 11) is 4.00. The minimum Gasteiger partial charge on any atom is -0.362 e. The van der Waals surface area contributed by atoms with Gasteiger partial charge in [0.25, 0.3) is 5.91 Å². The number of amides is 2. The fourth-order valence-corrected chi connectivity index (χ4v) is 5.85. The molecule has 8 nitrogen and oxygen atoms in total. The van der Waals surface area contributed by atoms with Gasteiger partial charge in [0, 0.05) is 49.2 Å². The van der Waals surface area contributed by atoms with Crippen LogP contribution in [0.15, 0.2) is 48.5 Å². The minimum atomic E-state index is -0.0928. The first-order valence-corrected chi connectivity index (χ1v) is 14.4. The van der Waals surface area contributed by atoms with Gasteiger partial charge in [0.05, 0.1) is 5.52 Å². The SMILES string of the molecule is CN(C)c1nc(NC2CCC(CNC(=O)c3cccc(NC(=O)C4CCCCC4)c3)CC2)nc2ccccc12. The highest BCUT2D eigenvalue weighted by Crippen LogP contribution is 2.29. The van der Waals surface area contributed by atoms with Gasteiger partial charge in [-0.2, -0.15) is 4.98 Å². The van der Waals surface area contributed by atoms with Crippen molar-refractivity contribution in [3.63, 3.8) is 0 Å². The smallest absolute Gasteiger partial charge is 0.251 e. The van der Waals surface area contributed by atoms with Gasteiger partial charge in [-0.25, -0.2) is 4.98 Å². The molecule has 2 aromatic carbocycles. The summed E-state index contributed by atoms with van der Waals surface area (Å²) < 4.78 is 0. The average Bonchev–Trinajstić information content (AvgIpc) is 2.96. The summed E-state index contributed by atoms with van der Waals surface area (Å²) in [6.07, 6.45) is 9.45. The van der Waals surface area contributed by atoms with Gasteiger partial charge in [0.15, 0.2) is 0 Å². The molecule has 2 aliphatic rings. The Morgan fingerprint density at radius 1 is 0.897 bits per heavy atom. The van der Waals surface area contributed by atoms with Crippen LogP contribution in [0.3, 0.4) is 0 Å². The summed E-state index contributed by atoms with van der Waals surface area (Å²) in [5.74, 6) is 2.09. The summed E-state index contributed by atoms with van der Waals surface area (Å²) in [6, 6.07) is 15.7. The monoisotopic (exact) mass is 528 g/mol. The molecule has 3 N–H and O–H groups in total. The molecule has 39 heavy (non-hydrogen) atoms. The van der Waals surface area contributed by atoms with Crippen molar-refractivity contribution in [2.75, 3.05) is 36.2 Å². The van der Waals surface area contributed by atoms with Crippen LogP contribution < -0.4 is 20.9 Å². The van der Waals surface area contributed by atoms with Gasteiger partial charge in [-0.15, -0.1) is 0 Å². The number of carbonyl (C=O) groups is 2. The van der Waals surface area contributed by atoms with E-state index in [1.807, 2.05) is 49.3 Å². The van der Waals surface area contributed by atoms with Crippen LogP contribution in [0.1, 0.15) is 68.1 Å². The quantitative estimate of drug-likeness (QED) is 0.351. The number of nitrogens with one attached hydrogen (secondary N) is 3. The second-order valence-corrected chi connectivity index (χ2v) is 11.3. The number of benzene rings is 2. The molecule has 1 aromatic heterocycles. The van der Waals surface area contributed by atoms with Crippen LogP contribution in [0.5, 0.6) is 0 Å². The maximum atomic E-state index is 12.9. The van der Waals surface area contributed by atoms with Gasteiger partial charge >= 0.3 is 0 Å². The summed E-state index contributed by atoms with van der Waals surface area (Å²) >= 11 is 0. The number of nitrogens with zero attached hydrogens (tertiary/aromatic N) is 3. The summed E-state index contributed by atoms with van der Waals surface area (Å²) in [4.78, 5) is 37.0. The number of hydrogen-bond donors (Lipinski definition) is 3. The zero-order valence-electron chi connectivity index (χ0n) is 23.1. The number of hydrogen-bond acceptors (Lipinski definition) is 6. The molecule has 0 spiro atoms. The molecule has 1 heterocycles. The van der Waals surface area contributed by atoms with Gasteiger partial charge in [-0.3, -0.25) is 9.59 Å². The fraction of sp³-hybridized carbons (Fsp3) is 0.484. The molecule has 2 fully saturated rings. The highest BCUT2D eigenvalue weighted by molar-refractivity contribution is 5.97. The third-order valence-corrected chi connectivity index (χ3v) is 8.11. The predicted molar refractivity (Wildman–Crippen MR) is 157 cm³/mol. The Bertz CT molecular complexity index is 1300. The molecule has 2 aliphatic carbocycles. The molecule has 8 heteroatoms. The second kappa shape index (κ2) is 12.5. The number of rotatable bonds is 8. The third kappa shape index (κ3) is 6.85. The van der Waals surface area contributed by atoms with E-state index < -0.39 is 0 Å². The first-order valence-electron chi connectivity index (χ1n) is 14.4. The van der Waals surface area contributed by atoms with Crippen molar-refractivity contribution in [1.82, 2.24) is 15.3 Å². The molecule has 0 bridgehead atoms. The predicted octanol–water partition coefficient (Wildman–Crippen LogP) is 5.62. The summed E-state index contributed by atoms with van der Waals surface area (Å²) in [6.45, 7) is 0.654. The van der Waals surface area contributed by atoms with Gasteiger partial charge in [0.1, 0.15) is 5.82 Å². The maximum absolute atomic E-state index is 12.9. The van der Waals surface area contributed by atoms with E-state index in [1.54, 1.807) is 12.1 Å². The van der Waals surface area contributed by atoms with Gasteiger partial charge in [-0.1, -0.05) is 37.5 Å². The van der Waals surface area contributed by atoms with Crippen molar-refractivity contribution in [3.05, 3.63) is 54.1 Å². The number of para-hydroxylation sites is 1. The first kappa shape index (κ1) is 26.9. The van der Waals surface area contributed by atoms with E-state index in [2.05, 4.69) is 22.0 Å². The van der Waals surface area contributed by atoms with Crippen LogP contribution in [0.4, 0.5) is 17.5 Å². The Labute approximate surface area is 231 Å². The van der Waals surface area contributed by atoms with Crippen molar-refractivity contribution >= 4 is 40.2 Å².